The molecule has 2 unspecified atom stereocenters. The zero-order chi connectivity index (χ0) is 12.8. The molecule has 17 heavy (non-hydrogen) atoms. The molecule has 2 N–H and O–H groups in total. The lowest BCUT2D eigenvalue weighted by Gasteiger charge is -2.17. The zero-order valence-corrected chi connectivity index (χ0v) is 10.6. The first-order valence-corrected chi connectivity index (χ1v) is 5.98. The maximum Gasteiger partial charge on any atom is 0.337 e. The average molecular weight is 236 g/mol. The normalized spacial score (nSPS) is 14.1. The smallest absolute Gasteiger partial charge is 0.337 e. The van der Waals surface area contributed by atoms with Crippen molar-refractivity contribution >= 4 is 11.8 Å². The maximum absolute atomic E-state index is 10.7. The molecule has 0 amide bonds. The highest BCUT2D eigenvalue weighted by Crippen LogP contribution is 2.13. The Balaban J connectivity index is 2.54. The Kier molecular flexibility index (Phi) is 4.94. The van der Waals surface area contributed by atoms with Gasteiger partial charge >= 0.3 is 5.97 Å². The predicted octanol–water partition coefficient (Wildman–Crippen LogP) is 3.02. The lowest BCUT2D eigenvalue weighted by atomic mass is 10.0. The molecule has 1 heterocycles. The molecule has 2 atom stereocenters. The van der Waals surface area contributed by atoms with Crippen LogP contribution in [0.25, 0.3) is 0 Å². The molecule has 0 fully saturated rings. The topological polar surface area (TPSA) is 62.2 Å². The number of carboxylic acid groups (broad SMARTS) is 1. The predicted molar refractivity (Wildman–Crippen MR) is 68.4 cm³/mol. The van der Waals surface area contributed by atoms with Crippen LogP contribution >= 0.6 is 0 Å². The summed E-state index contributed by atoms with van der Waals surface area (Å²) in [5.41, 5.74) is 0.213. The van der Waals surface area contributed by atoms with Gasteiger partial charge in [-0.15, -0.1) is 0 Å². The Morgan fingerprint density at radius 1 is 1.47 bits per heavy atom. The number of anilines is 1. The quantitative estimate of drug-likeness (QED) is 0.797. The van der Waals surface area contributed by atoms with E-state index in [1.807, 2.05) is 0 Å². The van der Waals surface area contributed by atoms with Crippen molar-refractivity contribution in [3.8, 4) is 0 Å². The third-order valence-corrected chi connectivity index (χ3v) is 2.86. The van der Waals surface area contributed by atoms with Gasteiger partial charge < -0.3 is 10.4 Å². The van der Waals surface area contributed by atoms with Crippen LogP contribution in [0.2, 0.25) is 0 Å². The summed E-state index contributed by atoms with van der Waals surface area (Å²) in [5.74, 6) is 0.457. The first-order valence-electron chi connectivity index (χ1n) is 5.98. The van der Waals surface area contributed by atoms with Crippen LogP contribution in [-0.4, -0.2) is 22.1 Å². The van der Waals surface area contributed by atoms with Gasteiger partial charge in [0, 0.05) is 12.2 Å². The van der Waals surface area contributed by atoms with Crippen LogP contribution in [0.5, 0.6) is 0 Å². The molecule has 0 spiro atoms. The largest absolute Gasteiger partial charge is 0.478 e. The minimum atomic E-state index is -0.947. The van der Waals surface area contributed by atoms with E-state index in [4.69, 9.17) is 5.11 Å². The highest BCUT2D eigenvalue weighted by molar-refractivity contribution is 5.87. The summed E-state index contributed by atoms with van der Waals surface area (Å²) in [5, 5.41) is 12.0. The number of nitrogens with zero attached hydrogens (tertiary/aromatic N) is 1. The Morgan fingerprint density at radius 3 is 2.65 bits per heavy atom. The Hall–Kier alpha value is -1.58. The number of carboxylic acids is 1. The second kappa shape index (κ2) is 6.23. The third kappa shape index (κ3) is 4.43. The number of nitrogens with one attached hydrogen (secondary N) is 1. The standard InChI is InChI=1S/C13H20N2O2/c1-4-9(2)7-10(3)15-12-6-5-11(8-14-12)13(16)17/h5-6,8-10H,4,7H2,1-3H3,(H,14,15)(H,16,17). The van der Waals surface area contributed by atoms with Crippen LogP contribution < -0.4 is 5.32 Å². The number of pyridine rings is 1. The lowest BCUT2D eigenvalue weighted by molar-refractivity contribution is 0.0696. The minimum absolute atomic E-state index is 0.213. The van der Waals surface area contributed by atoms with Crippen LogP contribution in [0, 0.1) is 5.92 Å². The molecule has 0 aliphatic heterocycles. The number of rotatable bonds is 6. The van der Waals surface area contributed by atoms with Crippen molar-refractivity contribution in [3.05, 3.63) is 23.9 Å². The van der Waals surface area contributed by atoms with Crippen LogP contribution in [0.1, 0.15) is 44.0 Å². The highest BCUT2D eigenvalue weighted by atomic mass is 16.4. The molecule has 0 radical (unpaired) electrons. The molecule has 0 aliphatic rings. The summed E-state index contributed by atoms with van der Waals surface area (Å²) < 4.78 is 0. The van der Waals surface area contributed by atoms with Crippen molar-refractivity contribution in [2.45, 2.75) is 39.7 Å². The van der Waals surface area contributed by atoms with Gasteiger partial charge in [0.05, 0.1) is 5.56 Å². The fourth-order valence-electron chi connectivity index (χ4n) is 1.69. The zero-order valence-electron chi connectivity index (χ0n) is 10.6. The number of aromatic carboxylic acids is 1. The number of aromatic nitrogens is 1. The van der Waals surface area contributed by atoms with Gasteiger partial charge in [-0.1, -0.05) is 20.3 Å². The van der Waals surface area contributed by atoms with Crippen LogP contribution in [0.4, 0.5) is 5.82 Å². The summed E-state index contributed by atoms with van der Waals surface area (Å²) in [4.78, 5) is 14.7. The summed E-state index contributed by atoms with van der Waals surface area (Å²) in [7, 11) is 0. The van der Waals surface area contributed by atoms with Gasteiger partial charge in [-0.25, -0.2) is 9.78 Å². The third-order valence-electron chi connectivity index (χ3n) is 2.86. The van der Waals surface area contributed by atoms with E-state index in [9.17, 15) is 4.79 Å². The van der Waals surface area contributed by atoms with Crippen molar-refractivity contribution < 1.29 is 9.90 Å². The van der Waals surface area contributed by atoms with E-state index < -0.39 is 5.97 Å². The van der Waals surface area contributed by atoms with E-state index in [-0.39, 0.29) is 5.56 Å². The second-order valence-electron chi connectivity index (χ2n) is 4.53. The lowest BCUT2D eigenvalue weighted by Crippen LogP contribution is -2.19. The van der Waals surface area contributed by atoms with Gasteiger partial charge in [0.2, 0.25) is 0 Å². The van der Waals surface area contributed by atoms with Gasteiger partial charge in [0.1, 0.15) is 5.82 Å². The minimum Gasteiger partial charge on any atom is -0.478 e. The van der Waals surface area contributed by atoms with Crippen LogP contribution in [-0.2, 0) is 0 Å². The first-order chi connectivity index (χ1) is 8.02. The fourth-order valence-corrected chi connectivity index (χ4v) is 1.69. The Morgan fingerprint density at radius 2 is 2.18 bits per heavy atom. The summed E-state index contributed by atoms with van der Waals surface area (Å²) >= 11 is 0. The Bertz CT molecular complexity index is 362. The monoisotopic (exact) mass is 236 g/mol. The summed E-state index contributed by atoms with van der Waals surface area (Å²) in [6.07, 6.45) is 3.62. The molecule has 1 aromatic rings. The molecule has 94 valence electrons. The fraction of sp³-hybridized carbons (Fsp3) is 0.538. The molecule has 0 saturated heterocycles. The van der Waals surface area contributed by atoms with Gasteiger partial charge in [0.25, 0.3) is 0 Å². The van der Waals surface area contributed by atoms with Crippen LogP contribution in [0.15, 0.2) is 18.3 Å². The number of hydrogen-bond acceptors (Lipinski definition) is 3. The molecule has 0 aliphatic carbocycles. The first kappa shape index (κ1) is 13.5. The molecular weight excluding hydrogens is 216 g/mol. The van der Waals surface area contributed by atoms with E-state index in [1.54, 1.807) is 12.1 Å². The summed E-state index contributed by atoms with van der Waals surface area (Å²) in [6.45, 7) is 6.51. The SMILES string of the molecule is CCC(C)CC(C)Nc1ccc(C(=O)O)cn1. The number of carbonyl (C=O) groups is 1. The molecule has 4 heteroatoms. The van der Waals surface area contributed by atoms with E-state index in [0.717, 1.165) is 18.7 Å². The highest BCUT2D eigenvalue weighted by Gasteiger charge is 2.08. The van der Waals surface area contributed by atoms with Crippen molar-refractivity contribution in [1.29, 1.82) is 0 Å². The second-order valence-corrected chi connectivity index (χ2v) is 4.53. The van der Waals surface area contributed by atoms with Crippen molar-refractivity contribution in [2.75, 3.05) is 5.32 Å². The molecule has 1 rings (SSSR count). The van der Waals surface area contributed by atoms with Gasteiger partial charge in [-0.3, -0.25) is 0 Å². The molecule has 4 nitrogen and oxygen atoms in total. The molecule has 1 aromatic heterocycles. The van der Waals surface area contributed by atoms with Crippen molar-refractivity contribution in [3.63, 3.8) is 0 Å². The van der Waals surface area contributed by atoms with E-state index >= 15 is 0 Å². The van der Waals surface area contributed by atoms with Crippen molar-refractivity contribution in [2.24, 2.45) is 5.92 Å². The summed E-state index contributed by atoms with van der Waals surface area (Å²) in [6, 6.07) is 3.61. The molecule has 0 bridgehead atoms. The van der Waals surface area contributed by atoms with Gasteiger partial charge in [0.15, 0.2) is 0 Å². The Labute approximate surface area is 102 Å². The van der Waals surface area contributed by atoms with E-state index in [0.29, 0.717) is 12.0 Å². The average Bonchev–Trinajstić information content (AvgIpc) is 2.29. The number of hydrogen-bond donors (Lipinski definition) is 2. The maximum atomic E-state index is 10.7. The molecule has 0 aromatic carbocycles. The van der Waals surface area contributed by atoms with Crippen molar-refractivity contribution in [1.82, 2.24) is 4.98 Å². The molecular formula is C13H20N2O2. The van der Waals surface area contributed by atoms with Crippen LogP contribution in [0.3, 0.4) is 0 Å². The van der Waals surface area contributed by atoms with E-state index in [1.165, 1.54) is 6.20 Å². The van der Waals surface area contributed by atoms with Gasteiger partial charge in [-0.05, 0) is 31.4 Å². The van der Waals surface area contributed by atoms with Gasteiger partial charge in [-0.2, -0.15) is 0 Å². The van der Waals surface area contributed by atoms with E-state index in [2.05, 4.69) is 31.1 Å². The molecule has 0 saturated carbocycles.